The number of benzene rings is 2. The zero-order valence-electron chi connectivity index (χ0n) is 15.4. The van der Waals surface area contributed by atoms with Crippen LogP contribution in [0.25, 0.3) is 0 Å². The van der Waals surface area contributed by atoms with Crippen molar-refractivity contribution in [3.63, 3.8) is 0 Å². The topological polar surface area (TPSA) is 80.8 Å². The van der Waals surface area contributed by atoms with E-state index in [1.807, 2.05) is 26.0 Å². The van der Waals surface area contributed by atoms with Crippen LogP contribution in [0.15, 0.2) is 42.5 Å². The Morgan fingerprint density at radius 3 is 2.37 bits per heavy atom. The SMILES string of the molecule is Cc1ccc(C(=O)COC(=O)c2ccc3c(c2)CC(C)N3S(C)(=O)=O)cc1. The van der Waals surface area contributed by atoms with Gasteiger partial charge in [-0.2, -0.15) is 0 Å². The number of anilines is 1. The van der Waals surface area contributed by atoms with Crippen LogP contribution in [0, 0.1) is 6.92 Å². The van der Waals surface area contributed by atoms with Gasteiger partial charge in [-0.05, 0) is 44.0 Å². The second kappa shape index (κ2) is 7.15. The average molecular weight is 387 g/mol. The Morgan fingerprint density at radius 2 is 1.74 bits per heavy atom. The molecule has 0 N–H and O–H groups in total. The highest BCUT2D eigenvalue weighted by Crippen LogP contribution is 2.34. The van der Waals surface area contributed by atoms with Crippen LogP contribution in [-0.4, -0.2) is 39.1 Å². The van der Waals surface area contributed by atoms with Crippen molar-refractivity contribution in [2.45, 2.75) is 26.3 Å². The van der Waals surface area contributed by atoms with E-state index in [0.29, 0.717) is 23.2 Å². The second-order valence-electron chi connectivity index (χ2n) is 6.82. The third-order valence-electron chi connectivity index (χ3n) is 4.53. The maximum Gasteiger partial charge on any atom is 0.338 e. The predicted molar refractivity (Wildman–Crippen MR) is 103 cm³/mol. The zero-order chi connectivity index (χ0) is 19.8. The van der Waals surface area contributed by atoms with Gasteiger partial charge in [-0.1, -0.05) is 29.8 Å². The third kappa shape index (κ3) is 4.03. The van der Waals surface area contributed by atoms with Gasteiger partial charge in [0.15, 0.2) is 12.4 Å². The Hall–Kier alpha value is -2.67. The summed E-state index contributed by atoms with van der Waals surface area (Å²) in [5, 5.41) is 0. The summed E-state index contributed by atoms with van der Waals surface area (Å²) in [6.07, 6.45) is 1.68. The summed E-state index contributed by atoms with van der Waals surface area (Å²) >= 11 is 0. The molecule has 0 saturated carbocycles. The Kier molecular flexibility index (Phi) is 5.06. The quantitative estimate of drug-likeness (QED) is 0.582. The number of nitrogens with zero attached hydrogens (tertiary/aromatic N) is 1. The molecular weight excluding hydrogens is 366 g/mol. The molecule has 142 valence electrons. The van der Waals surface area contributed by atoms with Gasteiger partial charge in [0.05, 0.1) is 17.5 Å². The number of ether oxygens (including phenoxy) is 1. The summed E-state index contributed by atoms with van der Waals surface area (Å²) in [6.45, 7) is 3.40. The number of sulfonamides is 1. The molecule has 0 spiro atoms. The molecule has 1 aliphatic rings. The van der Waals surface area contributed by atoms with Gasteiger partial charge in [-0.3, -0.25) is 9.10 Å². The number of hydrogen-bond donors (Lipinski definition) is 0. The Bertz CT molecular complexity index is 996. The fourth-order valence-electron chi connectivity index (χ4n) is 3.27. The van der Waals surface area contributed by atoms with E-state index in [2.05, 4.69) is 0 Å². The van der Waals surface area contributed by atoms with Gasteiger partial charge in [0, 0.05) is 11.6 Å². The van der Waals surface area contributed by atoms with Crippen molar-refractivity contribution in [2.75, 3.05) is 17.2 Å². The maximum atomic E-state index is 12.3. The summed E-state index contributed by atoms with van der Waals surface area (Å²) < 4.78 is 30.4. The standard InChI is InChI=1S/C20H21NO5S/c1-13-4-6-15(7-5-13)19(22)12-26-20(23)16-8-9-18-17(11-16)10-14(2)21(18)27(3,24)25/h4-9,11,14H,10,12H2,1-3H3. The smallest absolute Gasteiger partial charge is 0.338 e. The van der Waals surface area contributed by atoms with Crippen LogP contribution < -0.4 is 4.31 Å². The van der Waals surface area contributed by atoms with E-state index in [1.54, 1.807) is 24.3 Å². The number of carbonyl (C=O) groups excluding carboxylic acids is 2. The lowest BCUT2D eigenvalue weighted by molar-refractivity contribution is 0.0474. The second-order valence-corrected chi connectivity index (χ2v) is 8.68. The molecule has 0 bridgehead atoms. The first-order valence-corrected chi connectivity index (χ1v) is 10.4. The van der Waals surface area contributed by atoms with Gasteiger partial charge >= 0.3 is 5.97 Å². The molecule has 2 aromatic rings. The summed E-state index contributed by atoms with van der Waals surface area (Å²) in [4.78, 5) is 24.4. The molecule has 0 amide bonds. The summed E-state index contributed by atoms with van der Waals surface area (Å²) in [5.41, 5.74) is 3.18. The van der Waals surface area contributed by atoms with Crippen molar-refractivity contribution >= 4 is 27.5 Å². The molecule has 2 aromatic carbocycles. The van der Waals surface area contributed by atoms with Gasteiger partial charge in [-0.15, -0.1) is 0 Å². The first-order valence-electron chi connectivity index (χ1n) is 8.56. The molecule has 0 saturated heterocycles. The minimum atomic E-state index is -3.38. The molecule has 0 fully saturated rings. The Morgan fingerprint density at radius 1 is 1.11 bits per heavy atom. The van der Waals surface area contributed by atoms with Crippen molar-refractivity contribution in [3.8, 4) is 0 Å². The molecule has 6 nitrogen and oxygen atoms in total. The highest BCUT2D eigenvalue weighted by atomic mass is 32.2. The van der Waals surface area contributed by atoms with Crippen molar-refractivity contribution < 1.29 is 22.7 Å². The Labute approximate surface area is 158 Å². The van der Waals surface area contributed by atoms with Crippen LogP contribution in [0.1, 0.15) is 38.8 Å². The normalized spacial score (nSPS) is 16.1. The van der Waals surface area contributed by atoms with Gasteiger partial charge < -0.3 is 4.74 Å². The summed E-state index contributed by atoms with van der Waals surface area (Å²) in [7, 11) is -3.38. The van der Waals surface area contributed by atoms with Crippen LogP contribution in [0.4, 0.5) is 5.69 Å². The number of esters is 1. The maximum absolute atomic E-state index is 12.3. The van der Waals surface area contributed by atoms with E-state index < -0.39 is 16.0 Å². The number of carbonyl (C=O) groups is 2. The summed E-state index contributed by atoms with van der Waals surface area (Å²) in [6, 6.07) is 11.6. The lowest BCUT2D eigenvalue weighted by atomic mass is 10.1. The fraction of sp³-hybridized carbons (Fsp3) is 0.300. The van der Waals surface area contributed by atoms with Crippen LogP contribution in [-0.2, 0) is 21.2 Å². The molecule has 27 heavy (non-hydrogen) atoms. The van der Waals surface area contributed by atoms with Crippen molar-refractivity contribution in [1.29, 1.82) is 0 Å². The number of Topliss-reactive ketones (excluding diaryl/α,β-unsaturated/α-hetero) is 1. The van der Waals surface area contributed by atoms with Crippen LogP contribution in [0.5, 0.6) is 0 Å². The summed E-state index contributed by atoms with van der Waals surface area (Å²) in [5.74, 6) is -0.884. The lowest BCUT2D eigenvalue weighted by Gasteiger charge is -2.21. The molecule has 7 heteroatoms. The number of ketones is 1. The lowest BCUT2D eigenvalue weighted by Crippen LogP contribution is -2.34. The number of aryl methyl sites for hydroxylation is 1. The fourth-order valence-corrected chi connectivity index (χ4v) is 4.54. The van der Waals surface area contributed by atoms with Gasteiger partial charge in [-0.25, -0.2) is 13.2 Å². The van der Waals surface area contributed by atoms with Gasteiger partial charge in [0.25, 0.3) is 0 Å². The van der Waals surface area contributed by atoms with E-state index in [-0.39, 0.29) is 18.4 Å². The van der Waals surface area contributed by atoms with Crippen molar-refractivity contribution in [3.05, 3.63) is 64.7 Å². The molecule has 3 rings (SSSR count). The molecular formula is C20H21NO5S. The van der Waals surface area contributed by atoms with Crippen LogP contribution in [0.3, 0.4) is 0 Å². The van der Waals surface area contributed by atoms with Crippen molar-refractivity contribution in [2.24, 2.45) is 0 Å². The van der Waals surface area contributed by atoms with Crippen molar-refractivity contribution in [1.82, 2.24) is 0 Å². The van der Waals surface area contributed by atoms with E-state index in [0.717, 1.165) is 17.4 Å². The first kappa shape index (κ1) is 19.1. The number of fused-ring (bicyclic) bond motifs is 1. The molecule has 0 radical (unpaired) electrons. The Balaban J connectivity index is 1.71. The monoisotopic (exact) mass is 387 g/mol. The largest absolute Gasteiger partial charge is 0.454 e. The van der Waals surface area contributed by atoms with Gasteiger partial charge in [0.1, 0.15) is 0 Å². The van der Waals surface area contributed by atoms with E-state index >= 15 is 0 Å². The number of hydrogen-bond acceptors (Lipinski definition) is 5. The molecule has 1 heterocycles. The first-order chi connectivity index (χ1) is 12.7. The van der Waals surface area contributed by atoms with Gasteiger partial charge in [0.2, 0.25) is 10.0 Å². The van der Waals surface area contributed by atoms with Crippen LogP contribution >= 0.6 is 0 Å². The number of rotatable bonds is 5. The van der Waals surface area contributed by atoms with E-state index in [1.165, 1.54) is 10.4 Å². The minimum Gasteiger partial charge on any atom is -0.454 e. The molecule has 1 atom stereocenters. The predicted octanol–water partition coefficient (Wildman–Crippen LogP) is 2.75. The zero-order valence-corrected chi connectivity index (χ0v) is 16.2. The van der Waals surface area contributed by atoms with Crippen LogP contribution in [0.2, 0.25) is 0 Å². The van der Waals surface area contributed by atoms with E-state index in [9.17, 15) is 18.0 Å². The molecule has 0 aliphatic carbocycles. The molecule has 1 aliphatic heterocycles. The highest BCUT2D eigenvalue weighted by Gasteiger charge is 2.32. The molecule has 0 aromatic heterocycles. The van der Waals surface area contributed by atoms with E-state index in [4.69, 9.17) is 4.74 Å². The highest BCUT2D eigenvalue weighted by molar-refractivity contribution is 7.92. The third-order valence-corrected chi connectivity index (χ3v) is 5.80. The average Bonchev–Trinajstić information content (AvgIpc) is 2.94. The molecule has 1 unspecified atom stereocenters. The minimum absolute atomic E-state index is 0.204.